The lowest BCUT2D eigenvalue weighted by Gasteiger charge is -2.18. The summed E-state index contributed by atoms with van der Waals surface area (Å²) in [7, 11) is 0. The molecule has 1 atom stereocenters. The molecule has 1 aromatic carbocycles. The number of carbonyl (C=O) groups excluding carboxylic acids is 1. The van der Waals surface area contributed by atoms with Crippen molar-refractivity contribution in [1.82, 2.24) is 4.98 Å². The van der Waals surface area contributed by atoms with Crippen LogP contribution in [0.15, 0.2) is 40.5 Å². The Morgan fingerprint density at radius 1 is 1.38 bits per heavy atom. The van der Waals surface area contributed by atoms with Crippen molar-refractivity contribution in [2.24, 2.45) is 0 Å². The minimum Gasteiger partial charge on any atom is -0.478 e. The van der Waals surface area contributed by atoms with Gasteiger partial charge in [-0.05, 0) is 36.1 Å². The van der Waals surface area contributed by atoms with Crippen molar-refractivity contribution in [2.75, 3.05) is 5.73 Å². The third-order valence-corrected chi connectivity index (χ3v) is 6.00. The number of anilines is 1. The number of benzene rings is 1. The van der Waals surface area contributed by atoms with Crippen molar-refractivity contribution in [3.63, 3.8) is 0 Å². The number of furan rings is 1. The van der Waals surface area contributed by atoms with E-state index in [1.165, 1.54) is 23.5 Å². The van der Waals surface area contributed by atoms with Crippen LogP contribution in [-0.2, 0) is 0 Å². The standard InChI is InChI=1S/C20H13Cl2FN2O3S/c1-9(16-14(21)2-3-15(23)17(16)22)28-19-18-12(5-25-20(19)24)13(7-27-18)10-4-11(6-26)29-8-10/h2-9H,1H3,(H2,24,25)/t9-/m1/s1. The molecule has 9 heteroatoms. The van der Waals surface area contributed by atoms with E-state index in [9.17, 15) is 9.18 Å². The predicted molar refractivity (Wildman–Crippen MR) is 113 cm³/mol. The number of nitrogens with zero attached hydrogens (tertiary/aromatic N) is 1. The van der Waals surface area contributed by atoms with E-state index < -0.39 is 11.9 Å². The van der Waals surface area contributed by atoms with Crippen LogP contribution < -0.4 is 10.5 Å². The van der Waals surface area contributed by atoms with Crippen LogP contribution in [-0.4, -0.2) is 11.3 Å². The highest BCUT2D eigenvalue weighted by atomic mass is 35.5. The molecule has 4 aromatic rings. The molecule has 148 valence electrons. The fourth-order valence-electron chi connectivity index (χ4n) is 3.02. The first-order valence-electron chi connectivity index (χ1n) is 8.40. The number of halogens is 3. The zero-order valence-electron chi connectivity index (χ0n) is 14.9. The van der Waals surface area contributed by atoms with Crippen molar-refractivity contribution in [3.8, 4) is 16.9 Å². The molecule has 3 aromatic heterocycles. The van der Waals surface area contributed by atoms with Gasteiger partial charge in [0.1, 0.15) is 11.9 Å². The molecule has 0 aliphatic rings. The topological polar surface area (TPSA) is 78.4 Å². The highest BCUT2D eigenvalue weighted by Gasteiger charge is 2.23. The van der Waals surface area contributed by atoms with E-state index in [-0.39, 0.29) is 21.6 Å². The normalized spacial score (nSPS) is 12.3. The number of aromatic nitrogens is 1. The molecule has 4 rings (SSSR count). The zero-order chi connectivity index (χ0) is 20.7. The lowest BCUT2D eigenvalue weighted by atomic mass is 10.1. The first-order valence-corrected chi connectivity index (χ1v) is 10.0. The predicted octanol–water partition coefficient (Wildman–Crippen LogP) is 6.54. The quantitative estimate of drug-likeness (QED) is 0.276. The summed E-state index contributed by atoms with van der Waals surface area (Å²) in [6, 6.07) is 4.35. The van der Waals surface area contributed by atoms with Crippen LogP contribution in [0.3, 0.4) is 0 Å². The summed E-state index contributed by atoms with van der Waals surface area (Å²) in [5.41, 5.74) is 8.25. The van der Waals surface area contributed by atoms with Gasteiger partial charge in [-0.3, -0.25) is 4.79 Å². The molecule has 0 aliphatic carbocycles. The lowest BCUT2D eigenvalue weighted by Crippen LogP contribution is -2.08. The Balaban J connectivity index is 1.77. The molecular formula is C20H13Cl2FN2O3S. The molecule has 3 heterocycles. The summed E-state index contributed by atoms with van der Waals surface area (Å²) in [6.07, 6.45) is 3.18. The average molecular weight is 451 g/mol. The van der Waals surface area contributed by atoms with Crippen LogP contribution in [0.1, 0.15) is 28.3 Å². The number of carbonyl (C=O) groups is 1. The van der Waals surface area contributed by atoms with E-state index in [0.29, 0.717) is 21.4 Å². The van der Waals surface area contributed by atoms with Crippen LogP contribution in [0.5, 0.6) is 5.75 Å². The van der Waals surface area contributed by atoms with Gasteiger partial charge in [0.05, 0.1) is 21.5 Å². The number of nitrogens with two attached hydrogens (primary N) is 1. The molecule has 5 nitrogen and oxygen atoms in total. The number of rotatable bonds is 5. The Morgan fingerprint density at radius 2 is 2.17 bits per heavy atom. The summed E-state index contributed by atoms with van der Waals surface area (Å²) in [6.45, 7) is 1.67. The third-order valence-electron chi connectivity index (χ3n) is 4.43. The molecule has 0 saturated heterocycles. The van der Waals surface area contributed by atoms with Crippen LogP contribution >= 0.6 is 34.5 Å². The van der Waals surface area contributed by atoms with Gasteiger partial charge in [-0.25, -0.2) is 9.37 Å². The van der Waals surface area contributed by atoms with E-state index in [1.54, 1.807) is 25.5 Å². The monoisotopic (exact) mass is 450 g/mol. The molecule has 0 radical (unpaired) electrons. The minimum absolute atomic E-state index is 0.104. The minimum atomic E-state index is -0.725. The lowest BCUT2D eigenvalue weighted by molar-refractivity contribution is 0.112. The number of pyridine rings is 1. The molecule has 0 amide bonds. The van der Waals surface area contributed by atoms with E-state index in [1.807, 2.05) is 5.38 Å². The smallest absolute Gasteiger partial charge is 0.205 e. The number of hydrogen-bond donors (Lipinski definition) is 1. The second-order valence-corrected chi connectivity index (χ2v) is 7.97. The van der Waals surface area contributed by atoms with Crippen molar-refractivity contribution in [2.45, 2.75) is 13.0 Å². The molecule has 0 saturated carbocycles. The Kier molecular flexibility index (Phi) is 5.21. The van der Waals surface area contributed by atoms with Gasteiger partial charge >= 0.3 is 0 Å². The molecule has 0 bridgehead atoms. The van der Waals surface area contributed by atoms with Gasteiger partial charge in [-0.1, -0.05) is 23.2 Å². The van der Waals surface area contributed by atoms with Crippen LogP contribution in [0.25, 0.3) is 22.1 Å². The van der Waals surface area contributed by atoms with E-state index >= 15 is 0 Å². The molecular weight excluding hydrogens is 438 g/mol. The Bertz CT molecular complexity index is 1240. The highest BCUT2D eigenvalue weighted by Crippen LogP contribution is 2.42. The van der Waals surface area contributed by atoms with Gasteiger partial charge < -0.3 is 14.9 Å². The van der Waals surface area contributed by atoms with E-state index in [4.69, 9.17) is 38.1 Å². The van der Waals surface area contributed by atoms with Crippen LogP contribution in [0.4, 0.5) is 10.2 Å². The van der Waals surface area contributed by atoms with Gasteiger partial charge in [0.25, 0.3) is 0 Å². The Morgan fingerprint density at radius 3 is 2.90 bits per heavy atom. The number of hydrogen-bond acceptors (Lipinski definition) is 6. The second kappa shape index (κ2) is 7.67. The third kappa shape index (κ3) is 3.46. The van der Waals surface area contributed by atoms with Crippen LogP contribution in [0, 0.1) is 5.82 Å². The molecule has 29 heavy (non-hydrogen) atoms. The number of nitrogen functional groups attached to an aromatic ring is 1. The number of thiophene rings is 1. The first kappa shape index (κ1) is 19.7. The summed E-state index contributed by atoms with van der Waals surface area (Å²) in [4.78, 5) is 15.8. The summed E-state index contributed by atoms with van der Waals surface area (Å²) in [5.74, 6) is -0.300. The molecule has 0 unspecified atom stereocenters. The largest absolute Gasteiger partial charge is 0.478 e. The summed E-state index contributed by atoms with van der Waals surface area (Å²) in [5, 5.41) is 2.65. The average Bonchev–Trinajstić information content (AvgIpc) is 3.34. The van der Waals surface area contributed by atoms with Gasteiger partial charge in [0.15, 0.2) is 17.7 Å². The maximum absolute atomic E-state index is 13.9. The molecule has 0 aliphatic heterocycles. The molecule has 2 N–H and O–H groups in total. The maximum Gasteiger partial charge on any atom is 0.205 e. The number of aldehydes is 1. The summed E-state index contributed by atoms with van der Waals surface area (Å²) >= 11 is 13.6. The second-order valence-electron chi connectivity index (χ2n) is 6.24. The fraction of sp³-hybridized carbons (Fsp3) is 0.100. The zero-order valence-corrected chi connectivity index (χ0v) is 17.2. The fourth-order valence-corrected chi connectivity index (χ4v) is 4.41. The van der Waals surface area contributed by atoms with Crippen molar-refractivity contribution in [1.29, 1.82) is 0 Å². The van der Waals surface area contributed by atoms with Gasteiger partial charge in [0.2, 0.25) is 5.75 Å². The van der Waals surface area contributed by atoms with Crippen molar-refractivity contribution >= 4 is 57.6 Å². The Labute approximate surface area is 178 Å². The first-order chi connectivity index (χ1) is 13.9. The van der Waals surface area contributed by atoms with Crippen molar-refractivity contribution < 1.29 is 18.3 Å². The Hall–Kier alpha value is -2.61. The van der Waals surface area contributed by atoms with Gasteiger partial charge in [-0.2, -0.15) is 0 Å². The maximum atomic E-state index is 13.9. The van der Waals surface area contributed by atoms with E-state index in [2.05, 4.69) is 4.98 Å². The number of fused-ring (bicyclic) bond motifs is 1. The van der Waals surface area contributed by atoms with Gasteiger partial charge in [0, 0.05) is 22.3 Å². The summed E-state index contributed by atoms with van der Waals surface area (Å²) < 4.78 is 25.6. The molecule has 0 fully saturated rings. The highest BCUT2D eigenvalue weighted by molar-refractivity contribution is 7.12. The van der Waals surface area contributed by atoms with E-state index in [0.717, 1.165) is 17.4 Å². The van der Waals surface area contributed by atoms with Crippen LogP contribution in [0.2, 0.25) is 10.0 Å². The molecule has 0 spiro atoms. The van der Waals surface area contributed by atoms with Gasteiger partial charge in [-0.15, -0.1) is 11.3 Å². The van der Waals surface area contributed by atoms with Crippen molar-refractivity contribution in [3.05, 3.63) is 62.3 Å². The SMILES string of the molecule is C[C@@H](Oc1c(N)ncc2c(-c3csc(C=O)c3)coc12)c1c(Cl)ccc(F)c1Cl. The number of ether oxygens (including phenoxy) is 1.